The number of carboxylic acid groups (broad SMARTS) is 1. The van der Waals surface area contributed by atoms with Gasteiger partial charge in [0.2, 0.25) is 0 Å². The van der Waals surface area contributed by atoms with Gasteiger partial charge in [-0.3, -0.25) is 4.79 Å². The summed E-state index contributed by atoms with van der Waals surface area (Å²) in [6.45, 7) is 1.03. The molecule has 0 aromatic rings. The smallest absolute Gasteiger partial charge is 0.451 e. The highest BCUT2D eigenvalue weighted by molar-refractivity contribution is 6.40. The van der Waals surface area contributed by atoms with Crippen molar-refractivity contribution in [2.24, 2.45) is 0 Å². The third kappa shape index (κ3) is 7.99. The molecule has 0 spiro atoms. The number of rotatable bonds is 10. The number of likely N-dealkylation sites (N-methyl/N-ethyl adjacent to an activating group) is 1. The molecule has 0 bridgehead atoms. The van der Waals surface area contributed by atoms with Crippen LogP contribution >= 0.6 is 24.8 Å². The Morgan fingerprint density at radius 2 is 2.00 bits per heavy atom. The molecule has 5 N–H and O–H groups in total. The van der Waals surface area contributed by atoms with E-state index in [1.54, 1.807) is 7.05 Å². The van der Waals surface area contributed by atoms with Gasteiger partial charge >= 0.3 is 13.1 Å². The van der Waals surface area contributed by atoms with Crippen LogP contribution in [-0.4, -0.2) is 53.4 Å². The summed E-state index contributed by atoms with van der Waals surface area (Å²) >= 11 is 0. The van der Waals surface area contributed by atoms with Gasteiger partial charge in [-0.05, 0) is 52.0 Å². The summed E-state index contributed by atoms with van der Waals surface area (Å²) in [5.74, 6) is -0.817. The van der Waals surface area contributed by atoms with Crippen LogP contribution in [0.1, 0.15) is 44.9 Å². The van der Waals surface area contributed by atoms with Crippen molar-refractivity contribution >= 4 is 37.9 Å². The second-order valence-corrected chi connectivity index (χ2v) is 5.70. The van der Waals surface area contributed by atoms with E-state index in [-0.39, 0.29) is 24.8 Å². The van der Waals surface area contributed by atoms with Gasteiger partial charge in [0.05, 0.1) is 0 Å². The normalized spacial score (nSPS) is 19.7. The number of nitrogens with one attached hydrogen (secondary N) is 2. The highest BCUT2D eigenvalue weighted by Crippen LogP contribution is 2.24. The fourth-order valence-corrected chi connectivity index (χ4v) is 2.87. The lowest BCUT2D eigenvalue weighted by molar-refractivity contribution is -0.145. The van der Waals surface area contributed by atoms with Crippen molar-refractivity contribution in [3.05, 3.63) is 0 Å². The molecule has 1 aliphatic heterocycles. The molecule has 0 saturated carbocycles. The van der Waals surface area contributed by atoms with E-state index >= 15 is 0 Å². The maximum Gasteiger partial charge on any atom is 0.451 e. The Morgan fingerprint density at radius 1 is 1.32 bits per heavy atom. The second kappa shape index (κ2) is 12.4. The van der Waals surface area contributed by atoms with E-state index in [4.69, 9.17) is 10.0 Å². The van der Waals surface area contributed by atoms with Crippen LogP contribution in [0.5, 0.6) is 0 Å². The van der Waals surface area contributed by atoms with Gasteiger partial charge in [-0.25, -0.2) is 0 Å². The minimum absolute atomic E-state index is 0. The minimum atomic E-state index is -1.30. The number of aliphatic carboxylic acids is 1. The number of hydrogen-bond donors (Lipinski definition) is 5. The number of hydrogen-bond acceptors (Lipinski definition) is 5. The van der Waals surface area contributed by atoms with Crippen LogP contribution in [-0.2, 0) is 4.79 Å². The Hall–Kier alpha value is -0.0451. The Bertz CT molecular complexity index is 308. The van der Waals surface area contributed by atoms with Gasteiger partial charge in [-0.15, -0.1) is 24.8 Å². The van der Waals surface area contributed by atoms with Crippen molar-refractivity contribution in [2.75, 3.05) is 13.6 Å². The van der Waals surface area contributed by atoms with Crippen LogP contribution in [0.2, 0.25) is 6.32 Å². The zero-order chi connectivity index (χ0) is 15.0. The summed E-state index contributed by atoms with van der Waals surface area (Å²) in [5, 5.41) is 33.5. The summed E-state index contributed by atoms with van der Waals surface area (Å²) in [5.41, 5.74) is -0.898. The van der Waals surface area contributed by atoms with Gasteiger partial charge in [-0.1, -0.05) is 12.8 Å². The zero-order valence-electron chi connectivity index (χ0n) is 13.1. The molecule has 6 nitrogen and oxygen atoms in total. The highest BCUT2D eigenvalue weighted by Gasteiger charge is 2.36. The van der Waals surface area contributed by atoms with Gasteiger partial charge in [0.1, 0.15) is 5.54 Å². The monoisotopic (exact) mass is 358 g/mol. The molecule has 1 fully saturated rings. The number of carbonyl (C=O) groups is 1. The standard InChI is InChI=1S/C13H27BN2O4.2ClH/c1-15-13(12(17)18,7-2-3-9-14(19)20)8-6-11-5-4-10-16-11;;/h11,15-16,19-20H,2-10H2,1H3,(H,17,18);2*1H. The minimum Gasteiger partial charge on any atom is -0.480 e. The zero-order valence-corrected chi connectivity index (χ0v) is 14.7. The maximum absolute atomic E-state index is 11.6. The van der Waals surface area contributed by atoms with E-state index < -0.39 is 18.6 Å². The Kier molecular flexibility index (Phi) is 13.6. The van der Waals surface area contributed by atoms with Crippen molar-refractivity contribution in [2.45, 2.75) is 62.8 Å². The van der Waals surface area contributed by atoms with E-state index in [1.165, 1.54) is 6.42 Å². The fourth-order valence-electron chi connectivity index (χ4n) is 2.87. The molecule has 0 radical (unpaired) electrons. The SMILES string of the molecule is CNC(CCCCB(O)O)(CCC1CCCN1)C(=O)O.Cl.Cl. The highest BCUT2D eigenvalue weighted by atomic mass is 35.5. The van der Waals surface area contributed by atoms with Crippen molar-refractivity contribution < 1.29 is 19.9 Å². The predicted molar refractivity (Wildman–Crippen MR) is 93.0 cm³/mol. The molecule has 132 valence electrons. The lowest BCUT2D eigenvalue weighted by atomic mass is 9.80. The molecule has 0 aromatic heterocycles. The molecule has 0 aromatic carbocycles. The van der Waals surface area contributed by atoms with Gasteiger partial charge in [0.15, 0.2) is 0 Å². The van der Waals surface area contributed by atoms with E-state index in [9.17, 15) is 9.90 Å². The molecule has 22 heavy (non-hydrogen) atoms. The average Bonchev–Trinajstić information content (AvgIpc) is 2.91. The third-order valence-corrected chi connectivity index (χ3v) is 4.29. The largest absolute Gasteiger partial charge is 0.480 e. The Morgan fingerprint density at radius 3 is 2.45 bits per heavy atom. The number of carboxylic acids is 1. The van der Waals surface area contributed by atoms with Gasteiger partial charge in [-0.2, -0.15) is 0 Å². The van der Waals surface area contributed by atoms with Crippen LogP contribution in [0, 0.1) is 0 Å². The van der Waals surface area contributed by atoms with Gasteiger partial charge < -0.3 is 25.8 Å². The van der Waals surface area contributed by atoms with Crippen LogP contribution in [0.3, 0.4) is 0 Å². The lowest BCUT2D eigenvalue weighted by Crippen LogP contribution is -2.51. The third-order valence-electron chi connectivity index (χ3n) is 4.29. The summed E-state index contributed by atoms with van der Waals surface area (Å²) in [6, 6.07) is 0.432. The van der Waals surface area contributed by atoms with E-state index in [1.807, 2.05) is 0 Å². The van der Waals surface area contributed by atoms with Gasteiger partial charge in [0.25, 0.3) is 0 Å². The molecule has 2 atom stereocenters. The lowest BCUT2D eigenvalue weighted by Gasteiger charge is -2.30. The van der Waals surface area contributed by atoms with Crippen molar-refractivity contribution in [3.8, 4) is 0 Å². The Labute approximate surface area is 145 Å². The molecule has 2 unspecified atom stereocenters. The maximum atomic E-state index is 11.6. The molecule has 1 saturated heterocycles. The molecule has 1 heterocycles. The molecule has 0 aliphatic carbocycles. The summed E-state index contributed by atoms with van der Waals surface area (Å²) < 4.78 is 0. The topological polar surface area (TPSA) is 102 Å². The first kappa shape index (κ1) is 24.2. The van der Waals surface area contributed by atoms with Crippen LogP contribution in [0.15, 0.2) is 0 Å². The van der Waals surface area contributed by atoms with Crippen LogP contribution in [0.4, 0.5) is 0 Å². The first-order valence-corrected chi connectivity index (χ1v) is 7.52. The molecule has 1 rings (SSSR count). The summed E-state index contributed by atoms with van der Waals surface area (Å²) in [7, 11) is 0.392. The van der Waals surface area contributed by atoms with E-state index in [2.05, 4.69) is 10.6 Å². The van der Waals surface area contributed by atoms with Crippen molar-refractivity contribution in [1.29, 1.82) is 0 Å². The molecule has 0 amide bonds. The van der Waals surface area contributed by atoms with Crippen molar-refractivity contribution in [3.63, 3.8) is 0 Å². The van der Waals surface area contributed by atoms with Crippen LogP contribution < -0.4 is 10.6 Å². The van der Waals surface area contributed by atoms with E-state index in [0.717, 1.165) is 19.4 Å². The first-order chi connectivity index (χ1) is 9.50. The molecule has 1 aliphatic rings. The van der Waals surface area contributed by atoms with E-state index in [0.29, 0.717) is 38.0 Å². The average molecular weight is 359 g/mol. The Balaban J connectivity index is 0. The number of halogens is 2. The first-order valence-electron chi connectivity index (χ1n) is 7.52. The van der Waals surface area contributed by atoms with Crippen molar-refractivity contribution in [1.82, 2.24) is 10.6 Å². The summed E-state index contributed by atoms with van der Waals surface area (Å²) in [4.78, 5) is 11.6. The quantitative estimate of drug-likeness (QED) is 0.295. The molecule has 9 heteroatoms. The number of unbranched alkanes of at least 4 members (excludes halogenated alkanes) is 1. The second-order valence-electron chi connectivity index (χ2n) is 5.70. The predicted octanol–water partition coefficient (Wildman–Crippen LogP) is 1.05. The summed E-state index contributed by atoms with van der Waals surface area (Å²) in [6.07, 6.45) is 5.84. The molecular formula is C13H29BCl2N2O4. The fraction of sp³-hybridized carbons (Fsp3) is 0.923. The molecular weight excluding hydrogens is 330 g/mol. The van der Waals surface area contributed by atoms with Crippen LogP contribution in [0.25, 0.3) is 0 Å². The van der Waals surface area contributed by atoms with Gasteiger partial charge in [0, 0.05) is 6.04 Å².